The largest absolute Gasteiger partial charge is 0.427 e. The molecule has 0 radical (unpaired) electrons. The maximum Gasteiger partial charge on any atom is 0.298 e. The van der Waals surface area contributed by atoms with Crippen LogP contribution in [0.5, 0.6) is 5.75 Å². The van der Waals surface area contributed by atoms with Crippen LogP contribution < -0.4 is 9.64 Å². The fourth-order valence-electron chi connectivity index (χ4n) is 1.25. The highest BCUT2D eigenvalue weighted by molar-refractivity contribution is 5.63. The van der Waals surface area contributed by atoms with E-state index in [1.54, 1.807) is 0 Å². The van der Waals surface area contributed by atoms with E-state index in [9.17, 15) is 4.79 Å². The molecule has 0 aliphatic rings. The summed E-state index contributed by atoms with van der Waals surface area (Å²) in [5, 5.41) is 0. The van der Waals surface area contributed by atoms with Crippen LogP contribution in [-0.2, 0) is 4.79 Å². The Labute approximate surface area is 84.3 Å². The summed E-state index contributed by atoms with van der Waals surface area (Å²) in [6.07, 6.45) is 0. The summed E-state index contributed by atoms with van der Waals surface area (Å²) < 4.78 is 4.92. The van der Waals surface area contributed by atoms with Crippen molar-refractivity contribution in [2.75, 3.05) is 18.5 Å². The topological polar surface area (TPSA) is 29.5 Å². The molecule has 0 bridgehead atoms. The highest BCUT2D eigenvalue weighted by Crippen LogP contribution is 2.27. The first kappa shape index (κ1) is 10.6. The molecule has 14 heavy (non-hydrogen) atoms. The van der Waals surface area contributed by atoms with Crippen molar-refractivity contribution in [3.8, 4) is 5.75 Å². The Morgan fingerprint density at radius 1 is 1.50 bits per heavy atom. The van der Waals surface area contributed by atoms with E-state index in [1.807, 2.05) is 44.0 Å². The van der Waals surface area contributed by atoms with Crippen molar-refractivity contribution in [2.45, 2.75) is 13.8 Å². The third kappa shape index (κ3) is 2.25. The van der Waals surface area contributed by atoms with Crippen molar-refractivity contribution in [2.24, 2.45) is 0 Å². The smallest absolute Gasteiger partial charge is 0.298 e. The maximum absolute atomic E-state index is 10.3. The van der Waals surface area contributed by atoms with Gasteiger partial charge in [0.1, 0.15) is 0 Å². The van der Waals surface area contributed by atoms with Crippen molar-refractivity contribution in [3.05, 3.63) is 23.8 Å². The molecule has 1 aromatic carbocycles. The molecule has 0 aromatic heterocycles. The number of benzene rings is 1. The van der Waals surface area contributed by atoms with Crippen LogP contribution in [0.2, 0.25) is 0 Å². The molecule has 3 heteroatoms. The number of ether oxygens (including phenoxy) is 1. The lowest BCUT2D eigenvalue weighted by atomic mass is 10.2. The Morgan fingerprint density at radius 3 is 2.79 bits per heavy atom. The van der Waals surface area contributed by atoms with E-state index in [1.165, 1.54) is 0 Å². The Morgan fingerprint density at radius 2 is 2.21 bits per heavy atom. The predicted molar refractivity (Wildman–Crippen MR) is 56.8 cm³/mol. The van der Waals surface area contributed by atoms with Gasteiger partial charge < -0.3 is 9.64 Å². The van der Waals surface area contributed by atoms with Crippen molar-refractivity contribution in [3.63, 3.8) is 0 Å². The lowest BCUT2D eigenvalue weighted by molar-refractivity contribution is -0.120. The first-order chi connectivity index (χ1) is 6.69. The van der Waals surface area contributed by atoms with Crippen molar-refractivity contribution < 1.29 is 9.53 Å². The number of anilines is 1. The van der Waals surface area contributed by atoms with E-state index in [0.29, 0.717) is 12.2 Å². The van der Waals surface area contributed by atoms with Crippen LogP contribution in [0.1, 0.15) is 12.5 Å². The second kappa shape index (κ2) is 4.65. The number of hydrogen-bond donors (Lipinski definition) is 0. The van der Waals surface area contributed by atoms with E-state index in [4.69, 9.17) is 4.74 Å². The molecule has 0 saturated heterocycles. The Balaban J connectivity index is 3.07. The monoisotopic (exact) mass is 193 g/mol. The lowest BCUT2D eigenvalue weighted by Gasteiger charge is -2.19. The number of carbonyl (C=O) groups is 1. The molecule has 1 aromatic rings. The molecule has 76 valence electrons. The first-order valence-corrected chi connectivity index (χ1v) is 4.61. The molecule has 3 nitrogen and oxygen atoms in total. The SMILES string of the molecule is CCN(C)c1ccc(C)cc1OC=O. The predicted octanol–water partition coefficient (Wildman–Crippen LogP) is 1.99. The van der Waals surface area contributed by atoms with E-state index in [0.717, 1.165) is 17.8 Å². The molecule has 0 aliphatic heterocycles. The standard InChI is InChI=1S/C11H15NO2/c1-4-12(3)10-6-5-9(2)7-11(10)14-8-13/h5-8H,4H2,1-3H3. The number of hydrogen-bond acceptors (Lipinski definition) is 3. The molecule has 0 fully saturated rings. The van der Waals surface area contributed by atoms with Crippen LogP contribution in [0.3, 0.4) is 0 Å². The molecule has 0 aliphatic carbocycles. The minimum atomic E-state index is 0.460. The number of aryl methyl sites for hydroxylation is 1. The summed E-state index contributed by atoms with van der Waals surface area (Å²) in [6, 6.07) is 5.81. The third-order valence-electron chi connectivity index (χ3n) is 2.18. The minimum Gasteiger partial charge on any atom is -0.427 e. The average molecular weight is 193 g/mol. The molecule has 1 rings (SSSR count). The molecule has 0 amide bonds. The fraction of sp³-hybridized carbons (Fsp3) is 0.364. The number of carbonyl (C=O) groups excluding carboxylic acids is 1. The van der Waals surface area contributed by atoms with E-state index in [2.05, 4.69) is 0 Å². The molecule has 0 atom stereocenters. The summed E-state index contributed by atoms with van der Waals surface area (Å²) in [5.41, 5.74) is 2.01. The van der Waals surface area contributed by atoms with E-state index < -0.39 is 0 Å². The Kier molecular flexibility index (Phi) is 3.51. The molecule has 0 N–H and O–H groups in total. The van der Waals surface area contributed by atoms with E-state index >= 15 is 0 Å². The highest BCUT2D eigenvalue weighted by Gasteiger charge is 2.06. The van der Waals surface area contributed by atoms with Gasteiger partial charge in [0.05, 0.1) is 5.69 Å². The van der Waals surface area contributed by atoms with Crippen LogP contribution in [0.15, 0.2) is 18.2 Å². The van der Waals surface area contributed by atoms with Crippen molar-refractivity contribution in [1.29, 1.82) is 0 Å². The van der Waals surface area contributed by atoms with Gasteiger partial charge in [-0.2, -0.15) is 0 Å². The van der Waals surface area contributed by atoms with Gasteiger partial charge in [-0.1, -0.05) is 6.07 Å². The molecule has 0 saturated carbocycles. The van der Waals surface area contributed by atoms with Gasteiger partial charge in [-0.3, -0.25) is 4.79 Å². The average Bonchev–Trinajstić information content (AvgIpc) is 2.17. The van der Waals surface area contributed by atoms with Gasteiger partial charge in [0, 0.05) is 13.6 Å². The normalized spacial score (nSPS) is 9.64. The van der Waals surface area contributed by atoms with Crippen LogP contribution in [0.25, 0.3) is 0 Å². The lowest BCUT2D eigenvalue weighted by Crippen LogP contribution is -2.16. The first-order valence-electron chi connectivity index (χ1n) is 4.61. The zero-order chi connectivity index (χ0) is 10.6. The Hall–Kier alpha value is -1.51. The highest BCUT2D eigenvalue weighted by atomic mass is 16.5. The van der Waals surface area contributed by atoms with Gasteiger partial charge in [-0.25, -0.2) is 0 Å². The van der Waals surface area contributed by atoms with Gasteiger partial charge >= 0.3 is 0 Å². The van der Waals surface area contributed by atoms with Crippen LogP contribution in [0, 0.1) is 6.92 Å². The summed E-state index contributed by atoms with van der Waals surface area (Å²) in [7, 11) is 1.96. The van der Waals surface area contributed by atoms with Crippen LogP contribution >= 0.6 is 0 Å². The molecular formula is C11H15NO2. The quantitative estimate of drug-likeness (QED) is 0.685. The maximum atomic E-state index is 10.3. The second-order valence-corrected chi connectivity index (χ2v) is 3.20. The zero-order valence-corrected chi connectivity index (χ0v) is 8.78. The second-order valence-electron chi connectivity index (χ2n) is 3.20. The fourth-order valence-corrected chi connectivity index (χ4v) is 1.25. The molecule has 0 unspecified atom stereocenters. The summed E-state index contributed by atoms with van der Waals surface area (Å²) in [6.45, 7) is 5.35. The van der Waals surface area contributed by atoms with E-state index in [-0.39, 0.29) is 0 Å². The van der Waals surface area contributed by atoms with Crippen molar-refractivity contribution >= 4 is 12.2 Å². The summed E-state index contributed by atoms with van der Waals surface area (Å²) in [5.74, 6) is 0.615. The Bertz CT molecular complexity index is 323. The summed E-state index contributed by atoms with van der Waals surface area (Å²) in [4.78, 5) is 12.3. The van der Waals surface area contributed by atoms with Crippen molar-refractivity contribution in [1.82, 2.24) is 0 Å². The number of rotatable bonds is 4. The third-order valence-corrected chi connectivity index (χ3v) is 2.18. The van der Waals surface area contributed by atoms with Gasteiger partial charge in [0.2, 0.25) is 0 Å². The van der Waals surface area contributed by atoms with Crippen LogP contribution in [0.4, 0.5) is 5.69 Å². The van der Waals surface area contributed by atoms with Gasteiger partial charge in [-0.05, 0) is 31.5 Å². The van der Waals surface area contributed by atoms with Crippen LogP contribution in [-0.4, -0.2) is 20.1 Å². The summed E-state index contributed by atoms with van der Waals surface area (Å²) >= 11 is 0. The molecule has 0 spiro atoms. The van der Waals surface area contributed by atoms with Gasteiger partial charge in [-0.15, -0.1) is 0 Å². The van der Waals surface area contributed by atoms with Gasteiger partial charge in [0.25, 0.3) is 6.47 Å². The molecule has 0 heterocycles. The number of nitrogens with zero attached hydrogens (tertiary/aromatic N) is 1. The molecular weight excluding hydrogens is 178 g/mol. The van der Waals surface area contributed by atoms with Gasteiger partial charge in [0.15, 0.2) is 5.75 Å². The minimum absolute atomic E-state index is 0.460. The zero-order valence-electron chi connectivity index (χ0n) is 8.78.